The van der Waals surface area contributed by atoms with Gasteiger partial charge in [0.15, 0.2) is 23.1 Å². The second-order valence-corrected chi connectivity index (χ2v) is 9.53. The highest BCUT2D eigenvalue weighted by molar-refractivity contribution is 6.30. The van der Waals surface area contributed by atoms with Crippen LogP contribution in [-0.2, 0) is 31.2 Å². The van der Waals surface area contributed by atoms with Gasteiger partial charge in [-0.05, 0) is 48.0 Å². The molecule has 0 spiro atoms. The number of halogens is 5. The van der Waals surface area contributed by atoms with E-state index in [0.717, 1.165) is 27.3 Å². The molecule has 10 nitrogen and oxygen atoms in total. The van der Waals surface area contributed by atoms with E-state index in [4.69, 9.17) is 21.1 Å². The monoisotopic (exact) mass is 604 g/mol. The molecule has 0 saturated heterocycles. The van der Waals surface area contributed by atoms with Gasteiger partial charge in [0.05, 0.1) is 23.7 Å². The second kappa shape index (κ2) is 11.2. The Morgan fingerprint density at radius 2 is 1.95 bits per heavy atom. The topological polar surface area (TPSA) is 116 Å². The van der Waals surface area contributed by atoms with Crippen molar-refractivity contribution in [3.8, 4) is 22.6 Å². The number of hydrogen-bond donors (Lipinski definition) is 2. The number of fused-ring (bicyclic) bond motifs is 1. The summed E-state index contributed by atoms with van der Waals surface area (Å²) in [5.74, 6) is -1.71. The fraction of sp³-hybridized carbons (Fsp3) is 0.185. The van der Waals surface area contributed by atoms with E-state index < -0.39 is 35.7 Å². The first-order valence-corrected chi connectivity index (χ1v) is 12.6. The maximum atomic E-state index is 15.3. The lowest BCUT2D eigenvalue weighted by molar-refractivity contribution is -0.137. The van der Waals surface area contributed by atoms with Gasteiger partial charge >= 0.3 is 11.9 Å². The number of H-pyrrole nitrogens is 1. The summed E-state index contributed by atoms with van der Waals surface area (Å²) >= 11 is 5.95. The molecular weight excluding hydrogens is 584 g/mol. The minimum atomic E-state index is -4.83. The molecule has 2 N–H and O–H groups in total. The van der Waals surface area contributed by atoms with Crippen molar-refractivity contribution in [3.63, 3.8) is 0 Å². The molecule has 0 radical (unpaired) electrons. The van der Waals surface area contributed by atoms with E-state index in [1.54, 1.807) is 18.2 Å². The second-order valence-electron chi connectivity index (χ2n) is 9.09. The molecule has 0 atom stereocenters. The molecule has 2 aromatic heterocycles. The number of aryl methyl sites for hydroxylation is 1. The number of methoxy groups -OCH3 is 1. The third kappa shape index (κ3) is 5.65. The number of nitrogens with zero attached hydrogens (tertiary/aromatic N) is 4. The first-order valence-electron chi connectivity index (χ1n) is 12.2. The standard InChI is InChI=1S/C27H21ClF4N6O4/c1-37-24-18(14-6-19(29)25(21(7-14)41-2)42-12-22-33-13-34-36-22)8-15(27(30,31)32)9-20(24)38(26(37)40)11-23(39)35-17-5-3-4-16(28)10-17/h3-10,13H,11-12H2,1-2H3,(H,35,39)(H,33,34,36). The largest absolute Gasteiger partial charge is 0.493 e. The number of carbonyl (C=O) groups is 1. The number of alkyl halides is 3. The van der Waals surface area contributed by atoms with Gasteiger partial charge in [0.25, 0.3) is 0 Å². The molecule has 3 aromatic carbocycles. The molecule has 15 heteroatoms. The van der Waals surface area contributed by atoms with Crippen LogP contribution >= 0.6 is 11.6 Å². The lowest BCUT2D eigenvalue weighted by Gasteiger charge is -2.15. The zero-order chi connectivity index (χ0) is 30.2. The van der Waals surface area contributed by atoms with Gasteiger partial charge in [0.2, 0.25) is 5.91 Å². The maximum absolute atomic E-state index is 15.3. The Morgan fingerprint density at radius 1 is 1.17 bits per heavy atom. The number of rotatable bonds is 8. The van der Waals surface area contributed by atoms with Crippen molar-refractivity contribution in [2.75, 3.05) is 12.4 Å². The molecule has 5 aromatic rings. The van der Waals surface area contributed by atoms with E-state index in [2.05, 4.69) is 20.5 Å². The van der Waals surface area contributed by atoms with E-state index >= 15 is 4.39 Å². The Labute approximate surface area is 239 Å². The van der Waals surface area contributed by atoms with E-state index in [9.17, 15) is 22.8 Å². The number of ether oxygens (including phenoxy) is 2. The van der Waals surface area contributed by atoms with E-state index in [1.165, 1.54) is 32.6 Å². The molecule has 0 aliphatic carbocycles. The van der Waals surface area contributed by atoms with Gasteiger partial charge in [-0.2, -0.15) is 13.2 Å². The summed E-state index contributed by atoms with van der Waals surface area (Å²) in [7, 11) is 2.58. The van der Waals surface area contributed by atoms with E-state index in [-0.39, 0.29) is 40.3 Å². The highest BCUT2D eigenvalue weighted by atomic mass is 35.5. The number of carbonyl (C=O) groups excluding carboxylic acids is 1. The molecular formula is C27H21ClF4N6O4. The SMILES string of the molecule is COc1cc(-c2cc(C(F)(F)F)cc3c2n(C)c(=O)n3CC(=O)Nc2cccc(Cl)c2)cc(F)c1OCc1nnc[nH]1. The van der Waals surface area contributed by atoms with Gasteiger partial charge in [0.1, 0.15) is 19.5 Å². The summed E-state index contributed by atoms with van der Waals surface area (Å²) in [6, 6.07) is 10.1. The number of imidazole rings is 1. The average Bonchev–Trinajstić information content (AvgIpc) is 3.54. The quantitative estimate of drug-likeness (QED) is 0.236. The Kier molecular flexibility index (Phi) is 7.65. The summed E-state index contributed by atoms with van der Waals surface area (Å²) < 4.78 is 70.2. The maximum Gasteiger partial charge on any atom is 0.416 e. The molecule has 0 unspecified atom stereocenters. The van der Waals surface area contributed by atoms with E-state index in [1.807, 2.05) is 0 Å². The number of hydrogen-bond acceptors (Lipinski definition) is 6. The van der Waals surface area contributed by atoms with Crippen molar-refractivity contribution in [1.29, 1.82) is 0 Å². The minimum Gasteiger partial charge on any atom is -0.493 e. The Hall–Kier alpha value is -4.85. The van der Waals surface area contributed by atoms with Crippen LogP contribution in [0.3, 0.4) is 0 Å². The van der Waals surface area contributed by atoms with Crippen molar-refractivity contribution in [2.45, 2.75) is 19.3 Å². The van der Waals surface area contributed by atoms with Crippen LogP contribution in [-0.4, -0.2) is 37.3 Å². The molecule has 42 heavy (non-hydrogen) atoms. The van der Waals surface area contributed by atoms with Crippen molar-refractivity contribution in [3.05, 3.63) is 87.6 Å². The van der Waals surface area contributed by atoms with Crippen LogP contribution in [0.2, 0.25) is 5.02 Å². The molecule has 0 bridgehead atoms. The average molecular weight is 605 g/mol. The summed E-state index contributed by atoms with van der Waals surface area (Å²) in [6.45, 7) is -0.787. The van der Waals surface area contributed by atoms with Crippen molar-refractivity contribution in [2.24, 2.45) is 7.05 Å². The van der Waals surface area contributed by atoms with E-state index in [0.29, 0.717) is 16.5 Å². The zero-order valence-corrected chi connectivity index (χ0v) is 22.7. The number of aromatic nitrogens is 5. The Morgan fingerprint density at radius 3 is 2.62 bits per heavy atom. The fourth-order valence-electron chi connectivity index (χ4n) is 4.46. The van der Waals surface area contributed by atoms with Gasteiger partial charge in [-0.15, -0.1) is 10.2 Å². The van der Waals surface area contributed by atoms with Crippen molar-refractivity contribution in [1.82, 2.24) is 24.3 Å². The molecule has 0 saturated carbocycles. The molecule has 0 aliphatic rings. The number of anilines is 1. The van der Waals surface area contributed by atoms with Gasteiger partial charge in [-0.25, -0.2) is 9.18 Å². The van der Waals surface area contributed by atoms with Crippen molar-refractivity contribution < 1.29 is 31.8 Å². The fourth-order valence-corrected chi connectivity index (χ4v) is 4.65. The minimum absolute atomic E-state index is 0.0244. The number of amides is 1. The van der Waals surface area contributed by atoms with Crippen LogP contribution in [0.4, 0.5) is 23.2 Å². The zero-order valence-electron chi connectivity index (χ0n) is 21.9. The van der Waals surface area contributed by atoms with Crippen molar-refractivity contribution >= 4 is 34.2 Å². The van der Waals surface area contributed by atoms with Crippen LogP contribution in [0.25, 0.3) is 22.2 Å². The number of nitrogens with one attached hydrogen (secondary N) is 2. The first kappa shape index (κ1) is 28.7. The normalized spacial score (nSPS) is 11.6. The number of benzene rings is 3. The predicted molar refractivity (Wildman–Crippen MR) is 145 cm³/mol. The highest BCUT2D eigenvalue weighted by Crippen LogP contribution is 2.41. The third-order valence-corrected chi connectivity index (χ3v) is 6.57. The molecule has 2 heterocycles. The summed E-state index contributed by atoms with van der Waals surface area (Å²) in [4.78, 5) is 28.7. The number of aromatic amines is 1. The highest BCUT2D eigenvalue weighted by Gasteiger charge is 2.33. The smallest absolute Gasteiger partial charge is 0.416 e. The lowest BCUT2D eigenvalue weighted by Crippen LogP contribution is -2.28. The molecule has 1 amide bonds. The van der Waals surface area contributed by atoms with Crippen LogP contribution < -0.4 is 20.5 Å². The lowest BCUT2D eigenvalue weighted by atomic mass is 9.99. The Balaban J connectivity index is 1.61. The third-order valence-electron chi connectivity index (χ3n) is 6.33. The summed E-state index contributed by atoms with van der Waals surface area (Å²) in [6.07, 6.45) is -3.52. The first-order chi connectivity index (χ1) is 20.0. The van der Waals surface area contributed by atoms with Crippen LogP contribution in [0, 0.1) is 5.82 Å². The molecule has 0 aliphatic heterocycles. The molecule has 218 valence electrons. The van der Waals surface area contributed by atoms with Gasteiger partial charge in [-0.3, -0.25) is 13.9 Å². The van der Waals surface area contributed by atoms with Gasteiger partial charge in [-0.1, -0.05) is 17.7 Å². The summed E-state index contributed by atoms with van der Waals surface area (Å²) in [5.41, 5.74) is -1.81. The summed E-state index contributed by atoms with van der Waals surface area (Å²) in [5, 5.41) is 10.3. The van der Waals surface area contributed by atoms with Gasteiger partial charge in [0, 0.05) is 23.3 Å². The van der Waals surface area contributed by atoms with Crippen LogP contribution in [0.5, 0.6) is 11.5 Å². The predicted octanol–water partition coefficient (Wildman–Crippen LogP) is 5.16. The van der Waals surface area contributed by atoms with Crippen LogP contribution in [0.15, 0.2) is 59.7 Å². The van der Waals surface area contributed by atoms with Gasteiger partial charge < -0.3 is 19.8 Å². The van der Waals surface area contributed by atoms with Crippen LogP contribution in [0.1, 0.15) is 11.4 Å². The molecule has 0 fully saturated rings. The molecule has 5 rings (SSSR count). The Bertz CT molecular complexity index is 1850.